The van der Waals surface area contributed by atoms with Crippen LogP contribution in [-0.4, -0.2) is 12.1 Å². The number of hydrogen-bond acceptors (Lipinski definition) is 4. The van der Waals surface area contributed by atoms with Gasteiger partial charge in [0.2, 0.25) is 0 Å². The Kier molecular flexibility index (Phi) is 5.04. The van der Waals surface area contributed by atoms with E-state index in [0.717, 1.165) is 28.1 Å². The predicted molar refractivity (Wildman–Crippen MR) is 83.9 cm³/mol. The Bertz CT molecular complexity index is 644. The third-order valence-corrected chi connectivity index (χ3v) is 3.60. The molecule has 0 aliphatic carbocycles. The molecule has 112 valence electrons. The zero-order chi connectivity index (χ0) is 15.4. The molecule has 2 rings (SSSR count). The summed E-state index contributed by atoms with van der Waals surface area (Å²) < 4.78 is 11.2. The number of halogens is 1. The summed E-state index contributed by atoms with van der Waals surface area (Å²) in [6, 6.07) is 5.44. The zero-order valence-electron chi connectivity index (χ0n) is 12.4. The van der Waals surface area contributed by atoms with E-state index in [0.29, 0.717) is 23.9 Å². The van der Waals surface area contributed by atoms with Gasteiger partial charge < -0.3 is 15.2 Å². The highest BCUT2D eigenvalue weighted by Gasteiger charge is 2.11. The fourth-order valence-electron chi connectivity index (χ4n) is 2.19. The highest BCUT2D eigenvalue weighted by atomic mass is 35.5. The second-order valence-electron chi connectivity index (χ2n) is 4.79. The molecular formula is C16H19ClN2O2. The van der Waals surface area contributed by atoms with E-state index < -0.39 is 0 Å². The number of nitrogens with zero attached hydrogens (tertiary/aromatic N) is 1. The minimum absolute atomic E-state index is 0.343. The van der Waals surface area contributed by atoms with Crippen LogP contribution in [0, 0.1) is 13.8 Å². The van der Waals surface area contributed by atoms with Crippen molar-refractivity contribution < 1.29 is 9.47 Å². The summed E-state index contributed by atoms with van der Waals surface area (Å²) in [5.41, 5.74) is 9.44. The van der Waals surface area contributed by atoms with Crippen molar-refractivity contribution in [2.45, 2.75) is 27.0 Å². The molecule has 0 saturated heterocycles. The molecule has 0 atom stereocenters. The van der Waals surface area contributed by atoms with Crippen LogP contribution in [0.25, 0.3) is 0 Å². The van der Waals surface area contributed by atoms with Crippen molar-refractivity contribution in [2.75, 3.05) is 7.11 Å². The van der Waals surface area contributed by atoms with Gasteiger partial charge in [-0.25, -0.2) is 0 Å². The summed E-state index contributed by atoms with van der Waals surface area (Å²) in [6.07, 6.45) is 1.78. The van der Waals surface area contributed by atoms with Crippen molar-refractivity contribution in [3.05, 3.63) is 51.8 Å². The van der Waals surface area contributed by atoms with Gasteiger partial charge in [0.15, 0.2) is 0 Å². The molecule has 0 bridgehead atoms. The first-order chi connectivity index (χ1) is 10.1. The van der Waals surface area contributed by atoms with Crippen LogP contribution in [0.2, 0.25) is 5.02 Å². The molecule has 0 saturated carbocycles. The van der Waals surface area contributed by atoms with Gasteiger partial charge in [-0.05, 0) is 26.0 Å². The van der Waals surface area contributed by atoms with Crippen LogP contribution in [0.3, 0.4) is 0 Å². The van der Waals surface area contributed by atoms with Gasteiger partial charge in [0, 0.05) is 34.5 Å². The number of methoxy groups -OCH3 is 1. The van der Waals surface area contributed by atoms with Crippen LogP contribution in [0.5, 0.6) is 11.5 Å². The van der Waals surface area contributed by atoms with Crippen LogP contribution < -0.4 is 15.2 Å². The van der Waals surface area contributed by atoms with Gasteiger partial charge in [0.25, 0.3) is 0 Å². The van der Waals surface area contributed by atoms with Crippen molar-refractivity contribution in [3.8, 4) is 11.5 Å². The smallest absolute Gasteiger partial charge is 0.131 e. The zero-order valence-corrected chi connectivity index (χ0v) is 13.2. The molecule has 1 heterocycles. The maximum Gasteiger partial charge on any atom is 0.131 e. The lowest BCUT2D eigenvalue weighted by Gasteiger charge is -2.14. The van der Waals surface area contributed by atoms with E-state index in [4.69, 9.17) is 26.8 Å². The molecule has 5 heteroatoms. The Morgan fingerprint density at radius 1 is 1.29 bits per heavy atom. The Balaban J connectivity index is 2.23. The average molecular weight is 307 g/mol. The van der Waals surface area contributed by atoms with E-state index in [1.165, 1.54) is 0 Å². The lowest BCUT2D eigenvalue weighted by molar-refractivity contribution is 0.295. The molecule has 2 aromatic rings. The maximum atomic E-state index is 6.00. The lowest BCUT2D eigenvalue weighted by Crippen LogP contribution is -2.06. The molecule has 0 amide bonds. The summed E-state index contributed by atoms with van der Waals surface area (Å²) >= 11 is 6.00. The fourth-order valence-corrected chi connectivity index (χ4v) is 2.36. The Morgan fingerprint density at radius 2 is 2.05 bits per heavy atom. The predicted octanol–water partition coefficient (Wildman–Crippen LogP) is 3.40. The minimum atomic E-state index is 0.343. The van der Waals surface area contributed by atoms with E-state index in [-0.39, 0.29) is 0 Å². The highest BCUT2D eigenvalue weighted by Crippen LogP contribution is 2.27. The van der Waals surface area contributed by atoms with Gasteiger partial charge in [0.05, 0.1) is 12.8 Å². The summed E-state index contributed by atoms with van der Waals surface area (Å²) in [5, 5.41) is 0.619. The monoisotopic (exact) mass is 306 g/mol. The Morgan fingerprint density at radius 3 is 2.71 bits per heavy atom. The first-order valence-corrected chi connectivity index (χ1v) is 7.05. The van der Waals surface area contributed by atoms with Crippen LogP contribution in [0.1, 0.15) is 22.4 Å². The van der Waals surface area contributed by atoms with E-state index >= 15 is 0 Å². The average Bonchev–Trinajstić information content (AvgIpc) is 2.47. The maximum absolute atomic E-state index is 6.00. The van der Waals surface area contributed by atoms with Crippen LogP contribution >= 0.6 is 11.6 Å². The van der Waals surface area contributed by atoms with Crippen LogP contribution in [0.4, 0.5) is 0 Å². The molecule has 4 nitrogen and oxygen atoms in total. The molecule has 1 aromatic carbocycles. The second kappa shape index (κ2) is 6.78. The molecule has 0 aliphatic rings. The third-order valence-electron chi connectivity index (χ3n) is 3.36. The number of hydrogen-bond donors (Lipinski definition) is 1. The number of benzene rings is 1. The molecule has 0 radical (unpaired) electrons. The van der Waals surface area contributed by atoms with Crippen molar-refractivity contribution in [2.24, 2.45) is 5.73 Å². The molecule has 0 spiro atoms. The minimum Gasteiger partial charge on any atom is -0.496 e. The lowest BCUT2D eigenvalue weighted by atomic mass is 10.1. The van der Waals surface area contributed by atoms with Crippen LogP contribution in [-0.2, 0) is 13.2 Å². The summed E-state index contributed by atoms with van der Waals surface area (Å²) in [4.78, 5) is 4.41. The Hall–Kier alpha value is -1.78. The van der Waals surface area contributed by atoms with E-state index in [1.54, 1.807) is 25.4 Å². The normalized spacial score (nSPS) is 10.5. The number of pyridine rings is 1. The van der Waals surface area contributed by atoms with Gasteiger partial charge in [-0.15, -0.1) is 0 Å². The number of aryl methyl sites for hydroxylation is 1. The second-order valence-corrected chi connectivity index (χ2v) is 5.23. The topological polar surface area (TPSA) is 57.4 Å². The SMILES string of the molecule is COc1c(C)cnc(COc2cc(Cl)ccc2CN)c1C. The summed E-state index contributed by atoms with van der Waals surface area (Å²) in [5.74, 6) is 1.53. The molecule has 0 unspecified atom stereocenters. The molecule has 0 aliphatic heterocycles. The van der Waals surface area contributed by atoms with E-state index in [9.17, 15) is 0 Å². The summed E-state index contributed by atoms with van der Waals surface area (Å²) in [6.45, 7) is 4.68. The number of aromatic nitrogens is 1. The van der Waals surface area contributed by atoms with Gasteiger partial charge in [0.1, 0.15) is 18.1 Å². The molecular weight excluding hydrogens is 288 g/mol. The van der Waals surface area contributed by atoms with Crippen molar-refractivity contribution >= 4 is 11.6 Å². The third kappa shape index (κ3) is 3.46. The quantitative estimate of drug-likeness (QED) is 0.920. The van der Waals surface area contributed by atoms with E-state index in [2.05, 4.69) is 4.98 Å². The molecule has 1 aromatic heterocycles. The van der Waals surface area contributed by atoms with Gasteiger partial charge in [-0.1, -0.05) is 17.7 Å². The number of ether oxygens (including phenoxy) is 2. The molecule has 0 fully saturated rings. The van der Waals surface area contributed by atoms with Crippen molar-refractivity contribution in [1.29, 1.82) is 0 Å². The first-order valence-electron chi connectivity index (χ1n) is 6.67. The highest BCUT2D eigenvalue weighted by molar-refractivity contribution is 6.30. The number of nitrogens with two attached hydrogens (primary N) is 1. The fraction of sp³-hybridized carbons (Fsp3) is 0.312. The largest absolute Gasteiger partial charge is 0.496 e. The van der Waals surface area contributed by atoms with Crippen molar-refractivity contribution in [1.82, 2.24) is 4.98 Å². The first kappa shape index (κ1) is 15.6. The standard InChI is InChI=1S/C16H19ClN2O2/c1-10-8-19-14(11(2)16(10)20-3)9-21-15-6-13(17)5-4-12(15)7-18/h4-6,8H,7,9,18H2,1-3H3. The van der Waals surface area contributed by atoms with Gasteiger partial charge in [-0.3, -0.25) is 4.98 Å². The molecule has 2 N–H and O–H groups in total. The molecule has 21 heavy (non-hydrogen) atoms. The van der Waals surface area contributed by atoms with Crippen molar-refractivity contribution in [3.63, 3.8) is 0 Å². The van der Waals surface area contributed by atoms with Gasteiger partial charge in [-0.2, -0.15) is 0 Å². The summed E-state index contributed by atoms with van der Waals surface area (Å²) in [7, 11) is 1.66. The van der Waals surface area contributed by atoms with Gasteiger partial charge >= 0.3 is 0 Å². The van der Waals surface area contributed by atoms with E-state index in [1.807, 2.05) is 19.9 Å². The van der Waals surface area contributed by atoms with Crippen LogP contribution in [0.15, 0.2) is 24.4 Å². The number of rotatable bonds is 5. The Labute approximate surface area is 129 Å².